The van der Waals surface area contributed by atoms with Crippen LogP contribution < -0.4 is 0 Å². The second-order valence-electron chi connectivity index (χ2n) is 6.14. The van der Waals surface area contributed by atoms with Crippen molar-refractivity contribution >= 4 is 21.6 Å². The lowest BCUT2D eigenvalue weighted by atomic mass is 9.87. The van der Waals surface area contributed by atoms with Crippen LogP contribution in [0.4, 0.5) is 0 Å². The standard InChI is InChI=1S/C16H24ClNO2S/c1-13-6-8-16(9-7-13)18(2)21(19,20)12-15-5-3-4-14(10-15)11-17/h3-5,10,13,16H,6-9,11-12H2,1-2H3. The Morgan fingerprint density at radius 3 is 2.43 bits per heavy atom. The van der Waals surface area contributed by atoms with Crippen molar-refractivity contribution in [3.05, 3.63) is 35.4 Å². The molecule has 0 N–H and O–H groups in total. The molecule has 1 aromatic rings. The zero-order valence-corrected chi connectivity index (χ0v) is 14.3. The number of halogens is 1. The number of hydrogen-bond acceptors (Lipinski definition) is 2. The Hall–Kier alpha value is -0.580. The first-order valence-electron chi connectivity index (χ1n) is 7.52. The third-order valence-electron chi connectivity index (χ3n) is 4.43. The molecular weight excluding hydrogens is 306 g/mol. The molecule has 21 heavy (non-hydrogen) atoms. The van der Waals surface area contributed by atoms with E-state index in [1.807, 2.05) is 24.3 Å². The van der Waals surface area contributed by atoms with Crippen LogP contribution in [-0.4, -0.2) is 25.8 Å². The van der Waals surface area contributed by atoms with Crippen molar-refractivity contribution in [2.75, 3.05) is 7.05 Å². The van der Waals surface area contributed by atoms with Crippen molar-refractivity contribution in [2.24, 2.45) is 5.92 Å². The maximum Gasteiger partial charge on any atom is 0.218 e. The molecule has 1 aromatic carbocycles. The quantitative estimate of drug-likeness (QED) is 0.771. The molecule has 5 heteroatoms. The minimum Gasteiger partial charge on any atom is -0.212 e. The number of rotatable bonds is 5. The van der Waals surface area contributed by atoms with Crippen LogP contribution >= 0.6 is 11.6 Å². The summed E-state index contributed by atoms with van der Waals surface area (Å²) in [6.07, 6.45) is 4.18. The molecule has 0 saturated heterocycles. The Bertz CT molecular complexity index is 565. The summed E-state index contributed by atoms with van der Waals surface area (Å²) in [4.78, 5) is 0. The van der Waals surface area contributed by atoms with Crippen LogP contribution in [0.1, 0.15) is 43.7 Å². The first-order valence-corrected chi connectivity index (χ1v) is 9.66. The lowest BCUT2D eigenvalue weighted by Gasteiger charge is -2.32. The van der Waals surface area contributed by atoms with Crippen LogP contribution in [0.5, 0.6) is 0 Å². The van der Waals surface area contributed by atoms with Gasteiger partial charge in [0, 0.05) is 19.0 Å². The first-order chi connectivity index (χ1) is 9.92. The molecule has 0 radical (unpaired) electrons. The maximum absolute atomic E-state index is 12.6. The van der Waals surface area contributed by atoms with Crippen LogP contribution in [0.15, 0.2) is 24.3 Å². The average Bonchev–Trinajstić information content (AvgIpc) is 2.47. The summed E-state index contributed by atoms with van der Waals surface area (Å²) in [5.74, 6) is 1.18. The molecule has 0 atom stereocenters. The van der Waals surface area contributed by atoms with E-state index >= 15 is 0 Å². The van der Waals surface area contributed by atoms with E-state index in [2.05, 4.69) is 6.92 Å². The van der Waals surface area contributed by atoms with Crippen molar-refractivity contribution in [1.29, 1.82) is 0 Å². The van der Waals surface area contributed by atoms with Gasteiger partial charge in [0.05, 0.1) is 5.75 Å². The smallest absolute Gasteiger partial charge is 0.212 e. The van der Waals surface area contributed by atoms with Gasteiger partial charge in [-0.3, -0.25) is 0 Å². The summed E-state index contributed by atoms with van der Waals surface area (Å²) < 4.78 is 26.7. The maximum atomic E-state index is 12.6. The van der Waals surface area contributed by atoms with Crippen molar-refractivity contribution < 1.29 is 8.42 Å². The van der Waals surface area contributed by atoms with Crippen LogP contribution in [0.3, 0.4) is 0 Å². The van der Waals surface area contributed by atoms with E-state index in [1.165, 1.54) is 0 Å². The minimum absolute atomic E-state index is 0.0558. The summed E-state index contributed by atoms with van der Waals surface area (Å²) in [5.41, 5.74) is 1.77. The third-order valence-corrected chi connectivity index (χ3v) is 6.62. The van der Waals surface area contributed by atoms with E-state index in [1.54, 1.807) is 11.4 Å². The van der Waals surface area contributed by atoms with Crippen molar-refractivity contribution in [3.63, 3.8) is 0 Å². The second kappa shape index (κ2) is 7.12. The van der Waals surface area contributed by atoms with Gasteiger partial charge in [0.2, 0.25) is 10.0 Å². The predicted molar refractivity (Wildman–Crippen MR) is 87.8 cm³/mol. The van der Waals surface area contributed by atoms with Gasteiger partial charge in [0.1, 0.15) is 0 Å². The van der Waals surface area contributed by atoms with E-state index in [0.29, 0.717) is 5.88 Å². The highest BCUT2D eigenvalue weighted by atomic mass is 35.5. The highest BCUT2D eigenvalue weighted by Gasteiger charge is 2.29. The molecule has 2 rings (SSSR count). The number of benzene rings is 1. The molecule has 0 unspecified atom stereocenters. The van der Waals surface area contributed by atoms with Crippen molar-refractivity contribution in [3.8, 4) is 0 Å². The van der Waals surface area contributed by atoms with E-state index in [0.717, 1.165) is 42.7 Å². The van der Waals surface area contributed by atoms with E-state index < -0.39 is 10.0 Å². The summed E-state index contributed by atoms with van der Waals surface area (Å²) in [7, 11) is -1.54. The molecule has 118 valence electrons. The number of hydrogen-bond donors (Lipinski definition) is 0. The fourth-order valence-electron chi connectivity index (χ4n) is 2.95. The van der Waals surface area contributed by atoms with Gasteiger partial charge in [-0.15, -0.1) is 11.6 Å². The Labute approximate surface area is 133 Å². The molecule has 1 aliphatic rings. The SMILES string of the molecule is CC1CCC(N(C)S(=O)(=O)Cc2cccc(CCl)c2)CC1. The lowest BCUT2D eigenvalue weighted by molar-refractivity contribution is 0.246. The fourth-order valence-corrected chi connectivity index (χ4v) is 4.58. The average molecular weight is 330 g/mol. The predicted octanol–water partition coefficient (Wildman–Crippen LogP) is 3.77. The molecule has 0 bridgehead atoms. The number of alkyl halides is 1. The molecule has 1 fully saturated rings. The van der Waals surface area contributed by atoms with Gasteiger partial charge in [0.15, 0.2) is 0 Å². The van der Waals surface area contributed by atoms with E-state index in [-0.39, 0.29) is 11.8 Å². The number of sulfonamides is 1. The van der Waals surface area contributed by atoms with Crippen LogP contribution in [0, 0.1) is 5.92 Å². The van der Waals surface area contributed by atoms with Gasteiger partial charge in [0.25, 0.3) is 0 Å². The number of nitrogens with zero attached hydrogens (tertiary/aromatic N) is 1. The largest absolute Gasteiger partial charge is 0.218 e. The van der Waals surface area contributed by atoms with Crippen molar-refractivity contribution in [1.82, 2.24) is 4.31 Å². The molecule has 0 aliphatic heterocycles. The molecule has 0 aromatic heterocycles. The first kappa shape index (κ1) is 16.8. The summed E-state index contributed by atoms with van der Waals surface area (Å²) in [6.45, 7) is 2.24. The lowest BCUT2D eigenvalue weighted by Crippen LogP contribution is -2.39. The van der Waals surface area contributed by atoms with Gasteiger partial charge >= 0.3 is 0 Å². The van der Waals surface area contributed by atoms with Crippen LogP contribution in [0.25, 0.3) is 0 Å². The van der Waals surface area contributed by atoms with Crippen molar-refractivity contribution in [2.45, 2.75) is 50.3 Å². The summed E-state index contributed by atoms with van der Waals surface area (Å²) >= 11 is 5.81. The summed E-state index contributed by atoms with van der Waals surface area (Å²) in [5, 5.41) is 0. The molecule has 0 heterocycles. The Morgan fingerprint density at radius 1 is 1.19 bits per heavy atom. The molecular formula is C16H24ClNO2S. The van der Waals surface area contributed by atoms with Crippen LogP contribution in [-0.2, 0) is 21.7 Å². The Balaban J connectivity index is 2.06. The molecule has 1 aliphatic carbocycles. The topological polar surface area (TPSA) is 37.4 Å². The third kappa shape index (κ3) is 4.44. The zero-order chi connectivity index (χ0) is 15.5. The normalized spacial score (nSPS) is 23.4. The molecule has 0 amide bonds. The van der Waals surface area contributed by atoms with Gasteiger partial charge in [-0.1, -0.05) is 31.2 Å². The highest BCUT2D eigenvalue weighted by Crippen LogP contribution is 2.28. The summed E-state index contributed by atoms with van der Waals surface area (Å²) in [6, 6.07) is 7.66. The van der Waals surface area contributed by atoms with E-state index in [9.17, 15) is 8.42 Å². The second-order valence-corrected chi connectivity index (χ2v) is 8.44. The highest BCUT2D eigenvalue weighted by molar-refractivity contribution is 7.88. The Kier molecular flexibility index (Phi) is 5.69. The van der Waals surface area contributed by atoms with Gasteiger partial charge in [-0.05, 0) is 42.7 Å². The van der Waals surface area contributed by atoms with Gasteiger partial charge in [-0.2, -0.15) is 0 Å². The van der Waals surface area contributed by atoms with Gasteiger partial charge in [-0.25, -0.2) is 12.7 Å². The molecule has 3 nitrogen and oxygen atoms in total. The van der Waals surface area contributed by atoms with Crippen LogP contribution in [0.2, 0.25) is 0 Å². The Morgan fingerprint density at radius 2 is 1.81 bits per heavy atom. The monoisotopic (exact) mass is 329 g/mol. The molecule has 0 spiro atoms. The van der Waals surface area contributed by atoms with Gasteiger partial charge < -0.3 is 0 Å². The zero-order valence-electron chi connectivity index (χ0n) is 12.8. The molecule has 1 saturated carbocycles. The fraction of sp³-hybridized carbons (Fsp3) is 0.625. The minimum atomic E-state index is -3.27. The van der Waals surface area contributed by atoms with E-state index in [4.69, 9.17) is 11.6 Å².